The number of rotatable bonds is 5. The molecule has 0 bridgehead atoms. The average Bonchev–Trinajstić information content (AvgIpc) is 3.23. The number of methoxy groups -OCH3 is 1. The molecule has 0 saturated carbocycles. The Hall–Kier alpha value is -2.58. The summed E-state index contributed by atoms with van der Waals surface area (Å²) in [5.41, 5.74) is 1.83. The molecule has 0 atom stereocenters. The van der Waals surface area contributed by atoms with Crippen LogP contribution < -0.4 is 10.6 Å². The van der Waals surface area contributed by atoms with Crippen molar-refractivity contribution in [3.63, 3.8) is 0 Å². The number of hydrogen-bond acceptors (Lipinski definition) is 7. The van der Waals surface area contributed by atoms with E-state index < -0.39 is 0 Å². The van der Waals surface area contributed by atoms with E-state index in [1.165, 1.54) is 21.1 Å². The Morgan fingerprint density at radius 3 is 2.76 bits per heavy atom. The number of ether oxygens (including phenoxy) is 1. The molecule has 0 fully saturated rings. The molecular formula is C17H15N5OS2. The minimum Gasteiger partial charge on any atom is -0.496 e. The van der Waals surface area contributed by atoms with Gasteiger partial charge in [-0.2, -0.15) is 0 Å². The standard InChI is InChI=1S/C17H15N5OS2/c1-23-13-8-4-2-6-11(13)16-20-21-17(22(16)18)24-10-15-19-12-7-3-5-9-14(12)25-15/h2-9H,10,18H2,1H3. The predicted octanol–water partition coefficient (Wildman–Crippen LogP) is 3.57. The Bertz CT molecular complexity index is 994. The molecule has 0 aliphatic heterocycles. The van der Waals surface area contributed by atoms with Gasteiger partial charge >= 0.3 is 0 Å². The van der Waals surface area contributed by atoms with E-state index in [0.717, 1.165) is 16.1 Å². The molecule has 2 aromatic carbocycles. The third-order valence-corrected chi connectivity index (χ3v) is 5.85. The lowest BCUT2D eigenvalue weighted by Crippen LogP contribution is -2.11. The maximum Gasteiger partial charge on any atom is 0.210 e. The van der Waals surface area contributed by atoms with Gasteiger partial charge in [-0.05, 0) is 24.3 Å². The van der Waals surface area contributed by atoms with Crippen LogP contribution in [0.4, 0.5) is 0 Å². The smallest absolute Gasteiger partial charge is 0.210 e. The normalized spacial score (nSPS) is 11.1. The number of hydrogen-bond donors (Lipinski definition) is 1. The van der Waals surface area contributed by atoms with Crippen LogP contribution in [-0.4, -0.2) is 27.0 Å². The van der Waals surface area contributed by atoms with Crippen LogP contribution in [-0.2, 0) is 5.75 Å². The molecule has 0 saturated heterocycles. The molecule has 2 N–H and O–H groups in total. The highest BCUT2D eigenvalue weighted by molar-refractivity contribution is 7.98. The molecule has 0 spiro atoms. The fraction of sp³-hybridized carbons (Fsp3) is 0.118. The lowest BCUT2D eigenvalue weighted by atomic mass is 10.2. The zero-order valence-electron chi connectivity index (χ0n) is 13.4. The molecule has 8 heteroatoms. The van der Waals surface area contributed by atoms with Crippen molar-refractivity contribution < 1.29 is 4.74 Å². The van der Waals surface area contributed by atoms with E-state index in [9.17, 15) is 0 Å². The first kappa shape index (κ1) is 15.9. The van der Waals surface area contributed by atoms with E-state index >= 15 is 0 Å². The number of benzene rings is 2. The van der Waals surface area contributed by atoms with Gasteiger partial charge in [0.05, 0.1) is 28.6 Å². The highest BCUT2D eigenvalue weighted by Gasteiger charge is 2.16. The average molecular weight is 369 g/mol. The number of thiazole rings is 1. The first-order valence-corrected chi connectivity index (χ1v) is 9.37. The van der Waals surface area contributed by atoms with Gasteiger partial charge in [0.2, 0.25) is 5.16 Å². The third kappa shape index (κ3) is 3.06. The summed E-state index contributed by atoms with van der Waals surface area (Å²) < 4.78 is 8.05. The Morgan fingerprint density at radius 1 is 1.12 bits per heavy atom. The van der Waals surface area contributed by atoms with Gasteiger partial charge in [0.15, 0.2) is 5.82 Å². The Morgan fingerprint density at radius 2 is 1.92 bits per heavy atom. The lowest BCUT2D eigenvalue weighted by molar-refractivity contribution is 0.416. The second-order valence-corrected chi connectivity index (χ2v) is 7.30. The molecule has 2 heterocycles. The molecule has 25 heavy (non-hydrogen) atoms. The van der Waals surface area contributed by atoms with Gasteiger partial charge in [0.25, 0.3) is 0 Å². The van der Waals surface area contributed by atoms with Crippen molar-refractivity contribution >= 4 is 33.3 Å². The number of nitrogens with zero attached hydrogens (tertiary/aromatic N) is 4. The van der Waals surface area contributed by atoms with Crippen LogP contribution in [0.15, 0.2) is 53.7 Å². The quantitative estimate of drug-likeness (QED) is 0.428. The SMILES string of the molecule is COc1ccccc1-c1nnc(SCc2nc3ccccc3s2)n1N. The Balaban J connectivity index is 1.57. The summed E-state index contributed by atoms with van der Waals surface area (Å²) in [6, 6.07) is 15.7. The molecule has 6 nitrogen and oxygen atoms in total. The maximum absolute atomic E-state index is 6.20. The number of fused-ring (bicyclic) bond motifs is 1. The van der Waals surface area contributed by atoms with Gasteiger partial charge in [0, 0.05) is 0 Å². The van der Waals surface area contributed by atoms with E-state index in [1.54, 1.807) is 18.4 Å². The van der Waals surface area contributed by atoms with E-state index in [4.69, 9.17) is 10.6 Å². The van der Waals surface area contributed by atoms with Gasteiger partial charge in [-0.25, -0.2) is 9.66 Å². The largest absolute Gasteiger partial charge is 0.496 e. The van der Waals surface area contributed by atoms with Crippen molar-refractivity contribution in [2.75, 3.05) is 13.0 Å². The summed E-state index contributed by atoms with van der Waals surface area (Å²) in [7, 11) is 1.62. The first-order chi connectivity index (χ1) is 12.3. The van der Waals surface area contributed by atoms with E-state index in [0.29, 0.717) is 22.5 Å². The fourth-order valence-electron chi connectivity index (χ4n) is 2.50. The van der Waals surface area contributed by atoms with Gasteiger partial charge in [-0.15, -0.1) is 21.5 Å². The summed E-state index contributed by atoms with van der Waals surface area (Å²) in [5, 5.41) is 10.1. The van der Waals surface area contributed by atoms with Crippen LogP contribution in [0.5, 0.6) is 5.75 Å². The molecule has 0 aliphatic carbocycles. The van der Waals surface area contributed by atoms with Crippen molar-refractivity contribution in [2.24, 2.45) is 0 Å². The molecule has 0 amide bonds. The van der Waals surface area contributed by atoms with Gasteiger partial charge < -0.3 is 10.6 Å². The summed E-state index contributed by atoms with van der Waals surface area (Å²) >= 11 is 3.20. The van der Waals surface area contributed by atoms with E-state index in [1.807, 2.05) is 42.5 Å². The zero-order valence-corrected chi connectivity index (χ0v) is 15.0. The molecule has 0 radical (unpaired) electrons. The highest BCUT2D eigenvalue weighted by Crippen LogP contribution is 2.31. The maximum atomic E-state index is 6.20. The molecule has 126 valence electrons. The highest BCUT2D eigenvalue weighted by atomic mass is 32.2. The minimum atomic E-state index is 0.573. The lowest BCUT2D eigenvalue weighted by Gasteiger charge is -2.07. The number of nitrogens with two attached hydrogens (primary N) is 1. The molecule has 4 rings (SSSR count). The summed E-state index contributed by atoms with van der Waals surface area (Å²) in [6.45, 7) is 0. The number of nitrogen functional groups attached to an aromatic ring is 1. The third-order valence-electron chi connectivity index (χ3n) is 3.68. The molecule has 0 aliphatic rings. The number of thioether (sulfide) groups is 1. The van der Waals surface area contributed by atoms with Gasteiger partial charge in [0.1, 0.15) is 10.8 Å². The Labute approximate surface area is 152 Å². The topological polar surface area (TPSA) is 78.9 Å². The van der Waals surface area contributed by atoms with Crippen molar-refractivity contribution in [1.29, 1.82) is 0 Å². The van der Waals surface area contributed by atoms with E-state index in [2.05, 4.69) is 21.2 Å². The van der Waals surface area contributed by atoms with Crippen LogP contribution >= 0.6 is 23.1 Å². The van der Waals surface area contributed by atoms with Crippen LogP contribution in [0.3, 0.4) is 0 Å². The van der Waals surface area contributed by atoms with Crippen LogP contribution in [0.1, 0.15) is 5.01 Å². The minimum absolute atomic E-state index is 0.573. The fourth-order valence-corrected chi connectivity index (χ4v) is 4.31. The zero-order chi connectivity index (χ0) is 17.2. The van der Waals surface area contributed by atoms with Crippen molar-refractivity contribution in [3.8, 4) is 17.1 Å². The second-order valence-electron chi connectivity index (χ2n) is 5.24. The predicted molar refractivity (Wildman–Crippen MR) is 101 cm³/mol. The van der Waals surface area contributed by atoms with E-state index in [-0.39, 0.29) is 0 Å². The molecular weight excluding hydrogens is 354 g/mol. The molecule has 2 aromatic heterocycles. The van der Waals surface area contributed by atoms with Crippen molar-refractivity contribution in [1.82, 2.24) is 19.9 Å². The monoisotopic (exact) mass is 369 g/mol. The molecule has 4 aromatic rings. The van der Waals surface area contributed by atoms with Crippen molar-refractivity contribution in [2.45, 2.75) is 10.9 Å². The summed E-state index contributed by atoms with van der Waals surface area (Å²) in [5.74, 6) is 8.18. The summed E-state index contributed by atoms with van der Waals surface area (Å²) in [6.07, 6.45) is 0. The van der Waals surface area contributed by atoms with Gasteiger partial charge in [-0.3, -0.25) is 0 Å². The first-order valence-electron chi connectivity index (χ1n) is 7.57. The number of para-hydroxylation sites is 2. The van der Waals surface area contributed by atoms with Crippen LogP contribution in [0, 0.1) is 0 Å². The second kappa shape index (κ2) is 6.73. The van der Waals surface area contributed by atoms with Crippen LogP contribution in [0.2, 0.25) is 0 Å². The number of aromatic nitrogens is 4. The van der Waals surface area contributed by atoms with Crippen molar-refractivity contribution in [3.05, 3.63) is 53.5 Å². The molecule has 0 unspecified atom stereocenters. The Kier molecular flexibility index (Phi) is 4.29. The van der Waals surface area contributed by atoms with Crippen LogP contribution in [0.25, 0.3) is 21.6 Å². The summed E-state index contributed by atoms with van der Waals surface area (Å²) in [4.78, 5) is 4.63. The van der Waals surface area contributed by atoms with Gasteiger partial charge in [-0.1, -0.05) is 36.0 Å².